The predicted molar refractivity (Wildman–Crippen MR) is 125 cm³/mol. The van der Waals surface area contributed by atoms with E-state index in [1.165, 1.54) is 11.1 Å². The number of carbonyl (C=O) groups excluding carboxylic acids is 1. The highest BCUT2D eigenvalue weighted by Gasteiger charge is 2.40. The van der Waals surface area contributed by atoms with Crippen LogP contribution in [-0.2, 0) is 11.2 Å². The van der Waals surface area contributed by atoms with E-state index in [1.54, 1.807) is 0 Å². The number of aldehydes is 1. The SMILES string of the molecule is O=CCC[N+]1(C2CCC(Oc3ccc4c(c3)CCC(c3ccccc3)O4)CC2)C=CC=N1. The van der Waals surface area contributed by atoms with Gasteiger partial charge in [0, 0.05) is 18.9 Å². The van der Waals surface area contributed by atoms with Gasteiger partial charge in [0.05, 0.1) is 18.7 Å². The molecule has 32 heavy (non-hydrogen) atoms. The first-order valence-corrected chi connectivity index (χ1v) is 11.8. The first-order valence-electron chi connectivity index (χ1n) is 11.8. The molecule has 5 heteroatoms. The van der Waals surface area contributed by atoms with Crippen molar-refractivity contribution in [3.63, 3.8) is 0 Å². The average molecular weight is 432 g/mol. The number of ether oxygens (including phenoxy) is 2. The van der Waals surface area contributed by atoms with Gasteiger partial charge in [-0.05, 0) is 55.0 Å². The van der Waals surface area contributed by atoms with Crippen LogP contribution in [-0.4, -0.2) is 35.8 Å². The molecule has 166 valence electrons. The molecule has 2 heterocycles. The molecule has 0 amide bonds. The van der Waals surface area contributed by atoms with Crippen LogP contribution in [0.25, 0.3) is 0 Å². The second kappa shape index (κ2) is 9.29. The summed E-state index contributed by atoms with van der Waals surface area (Å²) >= 11 is 0. The Hall–Kier alpha value is -2.92. The fourth-order valence-electron chi connectivity index (χ4n) is 5.32. The maximum atomic E-state index is 10.9. The molecule has 0 bridgehead atoms. The molecule has 2 aromatic carbocycles. The molecule has 0 aromatic heterocycles. The van der Waals surface area contributed by atoms with E-state index in [4.69, 9.17) is 14.6 Å². The Morgan fingerprint density at radius 2 is 1.91 bits per heavy atom. The third-order valence-corrected chi connectivity index (χ3v) is 7.04. The van der Waals surface area contributed by atoms with Crippen LogP contribution in [0.4, 0.5) is 0 Å². The second-order valence-electron chi connectivity index (χ2n) is 9.05. The maximum absolute atomic E-state index is 10.9. The van der Waals surface area contributed by atoms with E-state index in [2.05, 4.69) is 42.6 Å². The van der Waals surface area contributed by atoms with Crippen LogP contribution in [0.15, 0.2) is 65.9 Å². The Labute approximate surface area is 189 Å². The number of hydrogen-bond acceptors (Lipinski definition) is 4. The van der Waals surface area contributed by atoms with Crippen LogP contribution in [0, 0.1) is 0 Å². The molecular weight excluding hydrogens is 400 g/mol. The molecule has 5 nitrogen and oxygen atoms in total. The first-order chi connectivity index (χ1) is 15.8. The second-order valence-corrected chi connectivity index (χ2v) is 9.05. The standard InChI is InChI=1S/C27H31N2O3/c30-19-5-18-29(17-4-16-28-29)23-9-11-24(12-10-23)31-25-13-15-27-22(20-25)8-14-26(32-27)21-6-2-1-3-7-21/h1-4,6-7,13,15-17,19-20,23-24,26H,5,8-12,14,18H2/q+1. The van der Waals surface area contributed by atoms with E-state index in [1.807, 2.05) is 24.4 Å². The highest BCUT2D eigenvalue weighted by atomic mass is 16.5. The van der Waals surface area contributed by atoms with Gasteiger partial charge in [-0.1, -0.05) is 35.4 Å². The number of allylic oxidation sites excluding steroid dienone is 1. The summed E-state index contributed by atoms with van der Waals surface area (Å²) in [4.78, 5) is 10.9. The van der Waals surface area contributed by atoms with E-state index in [9.17, 15) is 4.79 Å². The quantitative estimate of drug-likeness (QED) is 0.438. The summed E-state index contributed by atoms with van der Waals surface area (Å²) in [5, 5.41) is 4.70. The van der Waals surface area contributed by atoms with Crippen LogP contribution in [0.1, 0.15) is 55.8 Å². The van der Waals surface area contributed by atoms with E-state index < -0.39 is 0 Å². The normalized spacial score (nSPS) is 28.7. The van der Waals surface area contributed by atoms with Crippen LogP contribution >= 0.6 is 0 Å². The van der Waals surface area contributed by atoms with E-state index in [0.29, 0.717) is 17.1 Å². The maximum Gasteiger partial charge on any atom is 0.125 e. The predicted octanol–water partition coefficient (Wildman–Crippen LogP) is 5.36. The highest BCUT2D eigenvalue weighted by molar-refractivity contribution is 5.71. The van der Waals surface area contributed by atoms with Crippen LogP contribution < -0.4 is 9.47 Å². The lowest BCUT2D eigenvalue weighted by atomic mass is 9.91. The molecule has 2 aromatic rings. The number of quaternary nitrogens is 1. The van der Waals surface area contributed by atoms with Gasteiger partial charge in [-0.15, -0.1) is 0 Å². The number of aryl methyl sites for hydroxylation is 1. The highest BCUT2D eigenvalue weighted by Crippen LogP contribution is 2.38. The zero-order valence-corrected chi connectivity index (χ0v) is 18.4. The van der Waals surface area contributed by atoms with Crippen molar-refractivity contribution in [2.24, 2.45) is 5.10 Å². The van der Waals surface area contributed by atoms with Crippen molar-refractivity contribution in [3.05, 3.63) is 71.9 Å². The van der Waals surface area contributed by atoms with Gasteiger partial charge in [-0.3, -0.25) is 0 Å². The van der Waals surface area contributed by atoms with Gasteiger partial charge in [0.1, 0.15) is 42.7 Å². The molecule has 1 aliphatic carbocycles. The van der Waals surface area contributed by atoms with E-state index in [-0.39, 0.29) is 12.2 Å². The molecule has 2 unspecified atom stereocenters. The van der Waals surface area contributed by atoms with Crippen molar-refractivity contribution in [3.8, 4) is 11.5 Å². The van der Waals surface area contributed by atoms with Crippen LogP contribution in [0.5, 0.6) is 11.5 Å². The topological polar surface area (TPSA) is 47.9 Å². The summed E-state index contributed by atoms with van der Waals surface area (Å²) in [5.74, 6) is 1.92. The van der Waals surface area contributed by atoms with Crippen LogP contribution in [0.2, 0.25) is 0 Å². The first kappa shape index (κ1) is 21.0. The summed E-state index contributed by atoms with van der Waals surface area (Å²) < 4.78 is 13.2. The molecule has 1 fully saturated rings. The summed E-state index contributed by atoms with van der Waals surface area (Å²) in [6, 6.07) is 17.1. The fraction of sp³-hybridized carbons (Fsp3) is 0.407. The number of fused-ring (bicyclic) bond motifs is 1. The lowest BCUT2D eigenvalue weighted by Crippen LogP contribution is -2.49. The molecule has 0 spiro atoms. The molecule has 2 aliphatic heterocycles. The molecule has 0 saturated heterocycles. The molecule has 0 radical (unpaired) electrons. The van der Waals surface area contributed by atoms with Crippen molar-refractivity contribution >= 4 is 12.5 Å². The summed E-state index contributed by atoms with van der Waals surface area (Å²) in [7, 11) is 0. The largest absolute Gasteiger partial charge is 0.490 e. The van der Waals surface area contributed by atoms with Crippen molar-refractivity contribution in [1.82, 2.24) is 0 Å². The fourth-order valence-corrected chi connectivity index (χ4v) is 5.32. The number of rotatable bonds is 7. The lowest BCUT2D eigenvalue weighted by molar-refractivity contribution is -0.909. The minimum Gasteiger partial charge on any atom is -0.490 e. The van der Waals surface area contributed by atoms with Crippen molar-refractivity contribution in [2.75, 3.05) is 6.54 Å². The Kier molecular flexibility index (Phi) is 6.08. The summed E-state index contributed by atoms with van der Waals surface area (Å²) in [5.41, 5.74) is 2.47. The van der Waals surface area contributed by atoms with E-state index >= 15 is 0 Å². The summed E-state index contributed by atoms with van der Waals surface area (Å²) in [6.07, 6.45) is 14.0. The van der Waals surface area contributed by atoms with Gasteiger partial charge in [0.25, 0.3) is 0 Å². The molecule has 1 saturated carbocycles. The Morgan fingerprint density at radius 1 is 1.06 bits per heavy atom. The van der Waals surface area contributed by atoms with Gasteiger partial charge in [0.2, 0.25) is 0 Å². The number of benzene rings is 2. The Bertz CT molecular complexity index is 981. The molecule has 0 N–H and O–H groups in total. The molecule has 3 aliphatic rings. The third-order valence-electron chi connectivity index (χ3n) is 7.04. The minimum atomic E-state index is 0.128. The molecular formula is C27H31N2O3+. The van der Waals surface area contributed by atoms with Gasteiger partial charge < -0.3 is 14.3 Å². The summed E-state index contributed by atoms with van der Waals surface area (Å²) in [6.45, 7) is 0.751. The zero-order valence-electron chi connectivity index (χ0n) is 18.4. The van der Waals surface area contributed by atoms with Gasteiger partial charge in [-0.2, -0.15) is 4.59 Å². The number of nitrogens with zero attached hydrogens (tertiary/aromatic N) is 2. The van der Waals surface area contributed by atoms with Gasteiger partial charge in [-0.25, -0.2) is 0 Å². The smallest absolute Gasteiger partial charge is 0.125 e. The lowest BCUT2D eigenvalue weighted by Gasteiger charge is -2.38. The molecule has 2 atom stereocenters. The zero-order chi connectivity index (χ0) is 21.8. The Morgan fingerprint density at radius 3 is 2.66 bits per heavy atom. The van der Waals surface area contributed by atoms with Crippen molar-refractivity contribution in [1.29, 1.82) is 0 Å². The number of hydrogen-bond donors (Lipinski definition) is 0. The van der Waals surface area contributed by atoms with Crippen molar-refractivity contribution < 1.29 is 18.9 Å². The van der Waals surface area contributed by atoms with Crippen molar-refractivity contribution in [2.45, 2.75) is 63.2 Å². The third kappa shape index (κ3) is 4.35. The molecule has 5 rings (SSSR count). The van der Waals surface area contributed by atoms with Gasteiger partial charge >= 0.3 is 0 Å². The van der Waals surface area contributed by atoms with E-state index in [0.717, 1.165) is 62.9 Å². The minimum absolute atomic E-state index is 0.128. The van der Waals surface area contributed by atoms with Crippen LogP contribution in [0.3, 0.4) is 0 Å². The average Bonchev–Trinajstić information content (AvgIpc) is 3.33. The van der Waals surface area contributed by atoms with Gasteiger partial charge in [0.15, 0.2) is 0 Å². The number of carbonyl (C=O) groups is 1. The monoisotopic (exact) mass is 431 g/mol. The Balaban J connectivity index is 1.18.